The summed E-state index contributed by atoms with van der Waals surface area (Å²) in [5.74, 6) is 1.17. The third-order valence-corrected chi connectivity index (χ3v) is 5.10. The Morgan fingerprint density at radius 3 is 2.27 bits per heavy atom. The molecule has 0 bridgehead atoms. The van der Waals surface area contributed by atoms with Gasteiger partial charge in [-0.25, -0.2) is 0 Å². The van der Waals surface area contributed by atoms with Crippen molar-refractivity contribution in [3.63, 3.8) is 0 Å². The van der Waals surface area contributed by atoms with Gasteiger partial charge >= 0.3 is 0 Å². The van der Waals surface area contributed by atoms with Crippen LogP contribution in [0.4, 0.5) is 0 Å². The van der Waals surface area contributed by atoms with Crippen molar-refractivity contribution >= 4 is 5.91 Å². The number of rotatable bonds is 9. The van der Waals surface area contributed by atoms with E-state index in [1.165, 1.54) is 4.80 Å². The van der Waals surface area contributed by atoms with Crippen molar-refractivity contribution in [2.24, 2.45) is 0 Å². The Hall–Kier alpha value is -4.34. The second-order valence-electron chi connectivity index (χ2n) is 7.10. The van der Waals surface area contributed by atoms with Gasteiger partial charge in [-0.3, -0.25) is 9.89 Å². The SMILES string of the molecule is COc1cc(-c2cc(C(=O)NC(Cn3nccn3)c3ccccc3)[nH]n2)cc(OC)c1OC. The number of aromatic nitrogens is 5. The number of benzene rings is 2. The summed E-state index contributed by atoms with van der Waals surface area (Å²) in [4.78, 5) is 14.6. The lowest BCUT2D eigenvalue weighted by Crippen LogP contribution is -2.32. The number of nitrogens with one attached hydrogen (secondary N) is 2. The minimum absolute atomic E-state index is 0.304. The van der Waals surface area contributed by atoms with Crippen LogP contribution >= 0.6 is 0 Å². The van der Waals surface area contributed by atoms with Gasteiger partial charge in [0.2, 0.25) is 5.75 Å². The van der Waals surface area contributed by atoms with Crippen LogP contribution in [0.15, 0.2) is 60.9 Å². The smallest absolute Gasteiger partial charge is 0.269 e. The van der Waals surface area contributed by atoms with Crippen molar-refractivity contribution in [1.29, 1.82) is 0 Å². The van der Waals surface area contributed by atoms with E-state index < -0.39 is 0 Å². The van der Waals surface area contributed by atoms with E-state index in [1.54, 1.807) is 51.9 Å². The number of hydrogen-bond acceptors (Lipinski definition) is 7. The number of aromatic amines is 1. The summed E-state index contributed by atoms with van der Waals surface area (Å²) in [6.07, 6.45) is 3.20. The molecule has 2 aromatic heterocycles. The van der Waals surface area contributed by atoms with E-state index in [4.69, 9.17) is 14.2 Å². The van der Waals surface area contributed by atoms with Crippen molar-refractivity contribution in [1.82, 2.24) is 30.5 Å². The van der Waals surface area contributed by atoms with Crippen molar-refractivity contribution in [3.05, 3.63) is 72.2 Å². The highest BCUT2D eigenvalue weighted by Gasteiger charge is 2.20. The lowest BCUT2D eigenvalue weighted by Gasteiger charge is -2.18. The maximum absolute atomic E-state index is 13.0. The van der Waals surface area contributed by atoms with Gasteiger partial charge in [-0.05, 0) is 23.8 Å². The number of H-pyrrole nitrogens is 1. The number of methoxy groups -OCH3 is 3. The van der Waals surface area contributed by atoms with E-state index in [2.05, 4.69) is 25.7 Å². The number of carbonyl (C=O) groups excluding carboxylic acids is 1. The Bertz CT molecular complexity index is 1180. The third-order valence-electron chi connectivity index (χ3n) is 5.10. The summed E-state index contributed by atoms with van der Waals surface area (Å²) in [6.45, 7) is 0.386. The van der Waals surface area contributed by atoms with Crippen LogP contribution in [0.25, 0.3) is 11.3 Å². The molecule has 0 radical (unpaired) electrons. The molecular weight excluding hydrogens is 424 g/mol. The Balaban J connectivity index is 1.58. The van der Waals surface area contributed by atoms with Gasteiger partial charge in [0.1, 0.15) is 5.69 Å². The fraction of sp³-hybridized carbons (Fsp3) is 0.217. The van der Waals surface area contributed by atoms with Crippen LogP contribution in [-0.4, -0.2) is 52.4 Å². The van der Waals surface area contributed by atoms with Crippen molar-refractivity contribution in [2.45, 2.75) is 12.6 Å². The van der Waals surface area contributed by atoms with E-state index in [9.17, 15) is 4.79 Å². The molecule has 2 N–H and O–H groups in total. The summed E-state index contributed by atoms with van der Waals surface area (Å²) in [5, 5.41) is 18.5. The zero-order chi connectivity index (χ0) is 23.2. The molecule has 0 aliphatic carbocycles. The average molecular weight is 448 g/mol. The largest absolute Gasteiger partial charge is 0.493 e. The molecule has 2 heterocycles. The standard InChI is InChI=1S/C23H24N6O4/c1-31-20-11-16(12-21(32-2)22(20)33-3)17-13-18(28-27-17)23(30)26-19(14-29-24-9-10-25-29)15-7-5-4-6-8-15/h4-13,19H,14H2,1-3H3,(H,26,30)(H,27,28). The van der Waals surface area contributed by atoms with E-state index in [1.807, 2.05) is 30.3 Å². The molecule has 1 unspecified atom stereocenters. The second kappa shape index (κ2) is 9.86. The molecule has 2 aromatic carbocycles. The van der Waals surface area contributed by atoms with E-state index in [-0.39, 0.29) is 11.9 Å². The van der Waals surface area contributed by atoms with Crippen molar-refractivity contribution in [2.75, 3.05) is 21.3 Å². The molecule has 1 atom stereocenters. The molecule has 1 amide bonds. The van der Waals surface area contributed by atoms with Crippen LogP contribution < -0.4 is 19.5 Å². The number of nitrogens with zero attached hydrogens (tertiary/aromatic N) is 4. The quantitative estimate of drug-likeness (QED) is 0.404. The predicted octanol–water partition coefficient (Wildman–Crippen LogP) is 2.87. The lowest BCUT2D eigenvalue weighted by molar-refractivity contribution is 0.0925. The van der Waals surface area contributed by atoms with Gasteiger partial charge in [0.05, 0.1) is 52.0 Å². The summed E-state index contributed by atoms with van der Waals surface area (Å²) < 4.78 is 16.2. The minimum Gasteiger partial charge on any atom is -0.493 e. The molecule has 4 aromatic rings. The zero-order valence-electron chi connectivity index (χ0n) is 18.5. The van der Waals surface area contributed by atoms with Crippen LogP contribution in [0.3, 0.4) is 0 Å². The molecular formula is C23H24N6O4. The fourth-order valence-electron chi connectivity index (χ4n) is 3.47. The summed E-state index contributed by atoms with van der Waals surface area (Å²) in [6, 6.07) is 14.5. The summed E-state index contributed by atoms with van der Waals surface area (Å²) in [7, 11) is 4.63. The van der Waals surface area contributed by atoms with Crippen LogP contribution in [-0.2, 0) is 6.54 Å². The highest BCUT2D eigenvalue weighted by Crippen LogP contribution is 2.40. The van der Waals surface area contributed by atoms with E-state index in [0.29, 0.717) is 40.7 Å². The first-order chi connectivity index (χ1) is 16.1. The fourth-order valence-corrected chi connectivity index (χ4v) is 3.47. The van der Waals surface area contributed by atoms with Gasteiger partial charge in [0, 0.05) is 5.56 Å². The molecule has 0 aliphatic heterocycles. The number of carbonyl (C=O) groups is 1. The van der Waals surface area contributed by atoms with Gasteiger partial charge in [-0.1, -0.05) is 30.3 Å². The second-order valence-corrected chi connectivity index (χ2v) is 7.10. The van der Waals surface area contributed by atoms with Gasteiger partial charge in [0.15, 0.2) is 11.5 Å². The highest BCUT2D eigenvalue weighted by atomic mass is 16.5. The molecule has 0 fully saturated rings. The molecule has 10 heteroatoms. The summed E-state index contributed by atoms with van der Waals surface area (Å²) in [5.41, 5.74) is 2.52. The van der Waals surface area contributed by atoms with Gasteiger partial charge in [0.25, 0.3) is 5.91 Å². The molecule has 0 spiro atoms. The van der Waals surface area contributed by atoms with E-state index in [0.717, 1.165) is 5.56 Å². The number of amides is 1. The Morgan fingerprint density at radius 1 is 1.00 bits per heavy atom. The van der Waals surface area contributed by atoms with Crippen LogP contribution in [0.5, 0.6) is 17.2 Å². The molecule has 170 valence electrons. The monoisotopic (exact) mass is 448 g/mol. The maximum atomic E-state index is 13.0. The van der Waals surface area contributed by atoms with Crippen LogP contribution in [0.1, 0.15) is 22.1 Å². The first-order valence-electron chi connectivity index (χ1n) is 10.2. The highest BCUT2D eigenvalue weighted by molar-refractivity contribution is 5.93. The van der Waals surface area contributed by atoms with Crippen LogP contribution in [0.2, 0.25) is 0 Å². The lowest BCUT2D eigenvalue weighted by atomic mass is 10.1. The van der Waals surface area contributed by atoms with Crippen molar-refractivity contribution < 1.29 is 19.0 Å². The predicted molar refractivity (Wildman–Crippen MR) is 120 cm³/mol. The number of ether oxygens (including phenoxy) is 3. The first-order valence-corrected chi connectivity index (χ1v) is 10.2. The van der Waals surface area contributed by atoms with Gasteiger partial charge in [-0.2, -0.15) is 20.1 Å². The summed E-state index contributed by atoms with van der Waals surface area (Å²) >= 11 is 0. The minimum atomic E-state index is -0.334. The zero-order valence-corrected chi connectivity index (χ0v) is 18.5. The third kappa shape index (κ3) is 4.79. The number of hydrogen-bond donors (Lipinski definition) is 2. The molecule has 4 rings (SSSR count). The Kier molecular flexibility index (Phi) is 6.53. The van der Waals surface area contributed by atoms with Crippen LogP contribution in [0, 0.1) is 0 Å². The first kappa shape index (κ1) is 21.9. The molecule has 0 aliphatic rings. The van der Waals surface area contributed by atoms with E-state index >= 15 is 0 Å². The Morgan fingerprint density at radius 2 is 1.67 bits per heavy atom. The normalized spacial score (nSPS) is 11.6. The molecule has 0 saturated heterocycles. The Labute approximate surface area is 190 Å². The maximum Gasteiger partial charge on any atom is 0.269 e. The van der Waals surface area contributed by atoms with Gasteiger partial charge < -0.3 is 19.5 Å². The topological polar surface area (TPSA) is 116 Å². The molecule has 10 nitrogen and oxygen atoms in total. The average Bonchev–Trinajstić information content (AvgIpc) is 3.55. The van der Waals surface area contributed by atoms with Gasteiger partial charge in [-0.15, -0.1) is 0 Å². The molecule has 0 saturated carbocycles. The van der Waals surface area contributed by atoms with Crippen molar-refractivity contribution in [3.8, 4) is 28.5 Å². The molecule has 33 heavy (non-hydrogen) atoms.